The number of hydrogen-bond acceptors (Lipinski definition) is 5. The van der Waals surface area contributed by atoms with E-state index in [0.717, 1.165) is 48.3 Å². The van der Waals surface area contributed by atoms with Crippen LogP contribution in [0.15, 0.2) is 88.5 Å². The van der Waals surface area contributed by atoms with Crippen LogP contribution in [0.25, 0.3) is 11.1 Å². The molecule has 162 valence electrons. The highest BCUT2D eigenvalue weighted by Gasteiger charge is 2.25. The molecule has 1 aliphatic rings. The van der Waals surface area contributed by atoms with Crippen LogP contribution in [0, 0.1) is 0 Å². The first-order valence-corrected chi connectivity index (χ1v) is 11.9. The van der Waals surface area contributed by atoms with E-state index in [4.69, 9.17) is 4.42 Å². The van der Waals surface area contributed by atoms with Crippen molar-refractivity contribution in [1.82, 2.24) is 15.2 Å². The summed E-state index contributed by atoms with van der Waals surface area (Å²) in [6.07, 6.45) is 0.971. The second-order valence-electron chi connectivity index (χ2n) is 8.07. The Morgan fingerprint density at radius 2 is 1.81 bits per heavy atom. The summed E-state index contributed by atoms with van der Waals surface area (Å²) in [7, 11) is 0. The SMILES string of the molecule is O=C(NC1CCN(Cc2ccccc2)C1)c1ccccc1CSc1nc2ccccc2o1. The summed E-state index contributed by atoms with van der Waals surface area (Å²) in [4.78, 5) is 20.0. The molecule has 0 radical (unpaired) electrons. The maximum Gasteiger partial charge on any atom is 0.257 e. The number of oxazole rings is 1. The molecule has 4 aromatic rings. The number of para-hydroxylation sites is 2. The van der Waals surface area contributed by atoms with E-state index in [2.05, 4.69) is 39.5 Å². The van der Waals surface area contributed by atoms with Gasteiger partial charge in [-0.2, -0.15) is 0 Å². The van der Waals surface area contributed by atoms with E-state index in [0.29, 0.717) is 11.0 Å². The standard InChI is InChI=1S/C26H25N3O2S/c30-25(27-21-14-15-29(17-21)16-19-8-2-1-3-9-19)22-11-5-4-10-20(22)18-32-26-28-23-12-6-7-13-24(23)31-26/h1-13,21H,14-18H2,(H,27,30). The number of carbonyl (C=O) groups is 1. The molecule has 0 bridgehead atoms. The fraction of sp³-hybridized carbons (Fsp3) is 0.231. The Hall–Kier alpha value is -3.09. The molecule has 2 heterocycles. The molecule has 32 heavy (non-hydrogen) atoms. The number of aromatic nitrogens is 1. The molecule has 1 unspecified atom stereocenters. The Balaban J connectivity index is 1.20. The zero-order chi connectivity index (χ0) is 21.8. The van der Waals surface area contributed by atoms with Gasteiger partial charge in [0.15, 0.2) is 5.58 Å². The van der Waals surface area contributed by atoms with E-state index in [1.807, 2.05) is 54.6 Å². The Morgan fingerprint density at radius 3 is 2.69 bits per heavy atom. The predicted molar refractivity (Wildman–Crippen MR) is 128 cm³/mol. The first-order chi connectivity index (χ1) is 15.7. The van der Waals surface area contributed by atoms with Gasteiger partial charge in [0.1, 0.15) is 5.52 Å². The third-order valence-electron chi connectivity index (χ3n) is 5.74. The fourth-order valence-corrected chi connectivity index (χ4v) is 4.96. The number of benzene rings is 3. The van der Waals surface area contributed by atoms with Gasteiger partial charge in [-0.1, -0.05) is 72.4 Å². The van der Waals surface area contributed by atoms with Gasteiger partial charge in [0.05, 0.1) is 0 Å². The van der Waals surface area contributed by atoms with Crippen molar-refractivity contribution in [2.75, 3.05) is 13.1 Å². The maximum absolute atomic E-state index is 13.1. The van der Waals surface area contributed by atoms with Crippen molar-refractivity contribution < 1.29 is 9.21 Å². The largest absolute Gasteiger partial charge is 0.431 e. The van der Waals surface area contributed by atoms with Gasteiger partial charge in [-0.15, -0.1) is 0 Å². The Kier molecular flexibility index (Phi) is 6.23. The molecule has 1 fully saturated rings. The van der Waals surface area contributed by atoms with Crippen molar-refractivity contribution in [3.63, 3.8) is 0 Å². The van der Waals surface area contributed by atoms with Crippen LogP contribution < -0.4 is 5.32 Å². The molecule has 1 atom stereocenters. The predicted octanol–water partition coefficient (Wildman–Crippen LogP) is 5.12. The van der Waals surface area contributed by atoms with Crippen LogP contribution in [0.2, 0.25) is 0 Å². The van der Waals surface area contributed by atoms with Crippen LogP contribution in [0.5, 0.6) is 0 Å². The number of hydrogen-bond donors (Lipinski definition) is 1. The molecule has 6 heteroatoms. The molecule has 0 spiro atoms. The normalized spacial score (nSPS) is 16.4. The molecule has 3 aromatic carbocycles. The molecule has 1 N–H and O–H groups in total. The van der Waals surface area contributed by atoms with E-state index >= 15 is 0 Å². The van der Waals surface area contributed by atoms with E-state index < -0.39 is 0 Å². The van der Waals surface area contributed by atoms with Gasteiger partial charge >= 0.3 is 0 Å². The van der Waals surface area contributed by atoms with Gasteiger partial charge < -0.3 is 9.73 Å². The highest BCUT2D eigenvalue weighted by molar-refractivity contribution is 7.98. The van der Waals surface area contributed by atoms with Gasteiger partial charge in [-0.3, -0.25) is 9.69 Å². The Bertz CT molecular complexity index is 1170. The van der Waals surface area contributed by atoms with Gasteiger partial charge in [-0.05, 0) is 35.7 Å². The molecule has 0 aliphatic carbocycles. The van der Waals surface area contributed by atoms with Crippen LogP contribution >= 0.6 is 11.8 Å². The topological polar surface area (TPSA) is 58.4 Å². The number of likely N-dealkylation sites (tertiary alicyclic amines) is 1. The quantitative estimate of drug-likeness (QED) is 0.402. The number of amides is 1. The summed E-state index contributed by atoms with van der Waals surface area (Å²) in [5, 5.41) is 3.86. The van der Waals surface area contributed by atoms with Crippen molar-refractivity contribution in [2.45, 2.75) is 30.0 Å². The number of rotatable bonds is 7. The van der Waals surface area contributed by atoms with Crippen LogP contribution in [-0.4, -0.2) is 34.9 Å². The lowest BCUT2D eigenvalue weighted by Crippen LogP contribution is -2.37. The van der Waals surface area contributed by atoms with E-state index in [1.54, 1.807) is 0 Å². The molecular weight excluding hydrogens is 418 g/mol. The molecule has 1 saturated heterocycles. The molecule has 5 nitrogen and oxygen atoms in total. The summed E-state index contributed by atoms with van der Waals surface area (Å²) in [6.45, 7) is 2.79. The average molecular weight is 444 g/mol. The average Bonchev–Trinajstić information content (AvgIpc) is 3.44. The lowest BCUT2D eigenvalue weighted by molar-refractivity contribution is 0.0937. The summed E-state index contributed by atoms with van der Waals surface area (Å²) < 4.78 is 5.80. The van der Waals surface area contributed by atoms with E-state index in [9.17, 15) is 4.79 Å². The summed E-state index contributed by atoms with van der Waals surface area (Å²) in [5.41, 5.74) is 4.64. The molecule has 1 aromatic heterocycles. The van der Waals surface area contributed by atoms with Crippen molar-refractivity contribution in [3.8, 4) is 0 Å². The number of carbonyl (C=O) groups excluding carboxylic acids is 1. The summed E-state index contributed by atoms with van der Waals surface area (Å²) >= 11 is 1.51. The van der Waals surface area contributed by atoms with E-state index in [1.165, 1.54) is 17.3 Å². The highest BCUT2D eigenvalue weighted by Crippen LogP contribution is 2.27. The molecular formula is C26H25N3O2S. The third-order valence-corrected chi connectivity index (χ3v) is 6.62. The van der Waals surface area contributed by atoms with Crippen molar-refractivity contribution in [2.24, 2.45) is 0 Å². The summed E-state index contributed by atoms with van der Waals surface area (Å²) in [6, 6.07) is 26.2. The molecule has 0 saturated carbocycles. The minimum absolute atomic E-state index is 0.00896. The van der Waals surface area contributed by atoms with Crippen LogP contribution in [-0.2, 0) is 12.3 Å². The minimum atomic E-state index is -0.00896. The van der Waals surface area contributed by atoms with Crippen molar-refractivity contribution >= 4 is 28.8 Å². The molecule has 1 amide bonds. The Morgan fingerprint density at radius 1 is 1.03 bits per heavy atom. The minimum Gasteiger partial charge on any atom is -0.431 e. The number of thioether (sulfide) groups is 1. The first-order valence-electron chi connectivity index (χ1n) is 10.9. The third kappa shape index (κ3) is 4.87. The number of fused-ring (bicyclic) bond motifs is 1. The second kappa shape index (κ2) is 9.59. The zero-order valence-electron chi connectivity index (χ0n) is 17.7. The smallest absolute Gasteiger partial charge is 0.257 e. The van der Waals surface area contributed by atoms with Crippen LogP contribution in [0.1, 0.15) is 27.9 Å². The lowest BCUT2D eigenvalue weighted by atomic mass is 10.1. The van der Waals surface area contributed by atoms with Crippen LogP contribution in [0.3, 0.4) is 0 Å². The number of nitrogens with one attached hydrogen (secondary N) is 1. The second-order valence-corrected chi connectivity index (χ2v) is 9.00. The van der Waals surface area contributed by atoms with Gasteiger partial charge in [-0.25, -0.2) is 4.98 Å². The summed E-state index contributed by atoms with van der Waals surface area (Å²) in [5.74, 6) is 0.617. The van der Waals surface area contributed by atoms with Gasteiger partial charge in [0.25, 0.3) is 11.1 Å². The number of nitrogens with zero attached hydrogens (tertiary/aromatic N) is 2. The van der Waals surface area contributed by atoms with Crippen LogP contribution in [0.4, 0.5) is 0 Å². The van der Waals surface area contributed by atoms with Crippen molar-refractivity contribution in [3.05, 3.63) is 95.6 Å². The first kappa shape index (κ1) is 20.8. The van der Waals surface area contributed by atoms with Crippen molar-refractivity contribution in [1.29, 1.82) is 0 Å². The Labute approximate surface area is 191 Å². The molecule has 1 aliphatic heterocycles. The fourth-order valence-electron chi connectivity index (χ4n) is 4.12. The van der Waals surface area contributed by atoms with Gasteiger partial charge in [0.2, 0.25) is 0 Å². The maximum atomic E-state index is 13.1. The monoisotopic (exact) mass is 443 g/mol. The van der Waals surface area contributed by atoms with E-state index in [-0.39, 0.29) is 11.9 Å². The highest BCUT2D eigenvalue weighted by atomic mass is 32.2. The molecule has 5 rings (SSSR count). The van der Waals surface area contributed by atoms with Gasteiger partial charge in [0, 0.05) is 37.0 Å². The zero-order valence-corrected chi connectivity index (χ0v) is 18.6. The lowest BCUT2D eigenvalue weighted by Gasteiger charge is -2.17.